The highest BCUT2D eigenvalue weighted by molar-refractivity contribution is 7.98. The molecule has 2 aromatic heterocycles. The van der Waals surface area contributed by atoms with Crippen LogP contribution in [0.3, 0.4) is 0 Å². The lowest BCUT2D eigenvalue weighted by molar-refractivity contribution is 0.0692. The van der Waals surface area contributed by atoms with Gasteiger partial charge in [-0.1, -0.05) is 11.8 Å². The van der Waals surface area contributed by atoms with Gasteiger partial charge in [-0.05, 0) is 18.2 Å². The summed E-state index contributed by atoms with van der Waals surface area (Å²) in [4.78, 5) is 23.2. The van der Waals surface area contributed by atoms with Gasteiger partial charge in [0.25, 0.3) is 0 Å². The molecule has 0 radical (unpaired) electrons. The molecular formula is C12H11N3O3S2. The van der Waals surface area contributed by atoms with Crippen molar-refractivity contribution in [2.24, 2.45) is 0 Å². The highest BCUT2D eigenvalue weighted by Crippen LogP contribution is 2.23. The Bertz CT molecular complexity index is 664. The third kappa shape index (κ3) is 3.61. The van der Waals surface area contributed by atoms with Crippen molar-refractivity contribution in [3.63, 3.8) is 0 Å². The minimum atomic E-state index is -1.24. The number of carbonyl (C=O) groups is 1. The van der Waals surface area contributed by atoms with Gasteiger partial charge in [0, 0.05) is 24.4 Å². The van der Waals surface area contributed by atoms with Crippen LogP contribution in [-0.4, -0.2) is 36.5 Å². The molecule has 2 aromatic rings. The van der Waals surface area contributed by atoms with E-state index in [1.807, 2.05) is 0 Å². The van der Waals surface area contributed by atoms with Crippen molar-refractivity contribution in [1.29, 1.82) is 0 Å². The molecule has 0 amide bonds. The second-order valence-corrected chi connectivity index (χ2v) is 5.97. The van der Waals surface area contributed by atoms with Gasteiger partial charge in [-0.15, -0.1) is 0 Å². The predicted molar refractivity (Wildman–Crippen MR) is 75.1 cm³/mol. The summed E-state index contributed by atoms with van der Waals surface area (Å²) in [5.74, 6) is -0.581. The van der Waals surface area contributed by atoms with Gasteiger partial charge in [0.15, 0.2) is 0 Å². The summed E-state index contributed by atoms with van der Waals surface area (Å²) in [5.41, 5.74) is 0.836. The fraction of sp³-hybridized carbons (Fsp3) is 0.167. The number of pyridine rings is 1. The van der Waals surface area contributed by atoms with Crippen molar-refractivity contribution < 1.29 is 14.1 Å². The molecule has 2 rings (SSSR count). The molecule has 0 aliphatic heterocycles. The van der Waals surface area contributed by atoms with E-state index >= 15 is 0 Å². The van der Waals surface area contributed by atoms with E-state index in [0.29, 0.717) is 16.5 Å². The molecule has 1 atom stereocenters. The molecule has 104 valence electrons. The Labute approximate surface area is 122 Å². The average molecular weight is 309 g/mol. The third-order valence-electron chi connectivity index (χ3n) is 2.31. The quantitative estimate of drug-likeness (QED) is 0.662. The van der Waals surface area contributed by atoms with E-state index < -0.39 is 16.8 Å². The number of aromatic carboxylic acids is 1. The predicted octanol–water partition coefficient (Wildman–Crippen LogP) is 1.60. The Kier molecular flexibility index (Phi) is 4.80. The smallest absolute Gasteiger partial charge is 0.338 e. The van der Waals surface area contributed by atoms with Crippen LogP contribution in [0.15, 0.2) is 40.8 Å². The zero-order valence-corrected chi connectivity index (χ0v) is 12.1. The van der Waals surface area contributed by atoms with Crippen LogP contribution in [0.25, 0.3) is 0 Å². The third-order valence-corrected chi connectivity index (χ3v) is 4.06. The van der Waals surface area contributed by atoms with E-state index in [0.717, 1.165) is 0 Å². The second-order valence-electron chi connectivity index (χ2n) is 3.73. The molecule has 0 spiro atoms. The molecular weight excluding hydrogens is 298 g/mol. The first-order valence-corrected chi connectivity index (χ1v) is 8.08. The SMILES string of the molecule is CS(=O)c1nccc(CSc2ncccc2C(=O)O)n1. The molecule has 8 heteroatoms. The molecule has 0 bridgehead atoms. The first-order chi connectivity index (χ1) is 9.58. The maximum absolute atomic E-state index is 11.3. The lowest BCUT2D eigenvalue weighted by Gasteiger charge is -2.04. The van der Waals surface area contributed by atoms with Crippen LogP contribution in [0.5, 0.6) is 0 Å². The maximum Gasteiger partial charge on any atom is 0.338 e. The van der Waals surface area contributed by atoms with Gasteiger partial charge in [-0.2, -0.15) is 0 Å². The van der Waals surface area contributed by atoms with Gasteiger partial charge in [0.2, 0.25) is 5.16 Å². The zero-order valence-electron chi connectivity index (χ0n) is 10.5. The van der Waals surface area contributed by atoms with Gasteiger partial charge >= 0.3 is 5.97 Å². The molecule has 1 unspecified atom stereocenters. The fourth-order valence-corrected chi connectivity index (χ4v) is 2.75. The minimum Gasteiger partial charge on any atom is -0.478 e. The minimum absolute atomic E-state index is 0.158. The van der Waals surface area contributed by atoms with Crippen molar-refractivity contribution in [3.05, 3.63) is 41.9 Å². The molecule has 6 nitrogen and oxygen atoms in total. The Morgan fingerprint density at radius 1 is 1.35 bits per heavy atom. The average Bonchev–Trinajstić information content (AvgIpc) is 2.45. The molecule has 0 aromatic carbocycles. The lowest BCUT2D eigenvalue weighted by atomic mass is 10.3. The van der Waals surface area contributed by atoms with Crippen LogP contribution in [0, 0.1) is 0 Å². The molecule has 0 aliphatic carbocycles. The summed E-state index contributed by atoms with van der Waals surface area (Å²) >= 11 is 1.27. The lowest BCUT2D eigenvalue weighted by Crippen LogP contribution is -2.02. The van der Waals surface area contributed by atoms with Crippen molar-refractivity contribution in [1.82, 2.24) is 15.0 Å². The van der Waals surface area contributed by atoms with E-state index in [1.165, 1.54) is 30.3 Å². The van der Waals surface area contributed by atoms with Crippen molar-refractivity contribution >= 4 is 28.5 Å². The molecule has 0 saturated carbocycles. The van der Waals surface area contributed by atoms with E-state index in [4.69, 9.17) is 5.11 Å². The Balaban J connectivity index is 2.15. The van der Waals surface area contributed by atoms with E-state index in [-0.39, 0.29) is 10.7 Å². The summed E-state index contributed by atoms with van der Waals surface area (Å²) in [5, 5.41) is 9.76. The number of thioether (sulfide) groups is 1. The summed E-state index contributed by atoms with van der Waals surface area (Å²) in [6.07, 6.45) is 4.59. The number of carboxylic acids is 1. The second kappa shape index (κ2) is 6.58. The summed E-state index contributed by atoms with van der Waals surface area (Å²) in [6.45, 7) is 0. The Morgan fingerprint density at radius 2 is 2.15 bits per heavy atom. The maximum atomic E-state index is 11.3. The van der Waals surface area contributed by atoms with Crippen LogP contribution >= 0.6 is 11.8 Å². The molecule has 1 N–H and O–H groups in total. The largest absolute Gasteiger partial charge is 0.478 e. The number of nitrogens with zero attached hydrogens (tertiary/aromatic N) is 3. The van der Waals surface area contributed by atoms with Crippen LogP contribution in [-0.2, 0) is 16.6 Å². The molecule has 0 fully saturated rings. The van der Waals surface area contributed by atoms with Gasteiger partial charge in [-0.3, -0.25) is 4.21 Å². The number of carboxylic acid groups (broad SMARTS) is 1. The van der Waals surface area contributed by atoms with Gasteiger partial charge < -0.3 is 5.11 Å². The number of hydrogen-bond acceptors (Lipinski definition) is 6. The monoisotopic (exact) mass is 309 g/mol. The highest BCUT2D eigenvalue weighted by atomic mass is 32.2. The normalized spacial score (nSPS) is 12.1. The summed E-state index contributed by atoms with van der Waals surface area (Å²) < 4.78 is 11.3. The fourth-order valence-electron chi connectivity index (χ4n) is 1.41. The van der Waals surface area contributed by atoms with Gasteiger partial charge in [0.1, 0.15) is 5.03 Å². The molecule has 0 aliphatic rings. The van der Waals surface area contributed by atoms with E-state index in [2.05, 4.69) is 15.0 Å². The summed E-state index contributed by atoms with van der Waals surface area (Å²) in [6, 6.07) is 4.79. The molecule has 20 heavy (non-hydrogen) atoms. The molecule has 0 saturated heterocycles. The first kappa shape index (κ1) is 14.6. The van der Waals surface area contributed by atoms with Gasteiger partial charge in [-0.25, -0.2) is 19.7 Å². The van der Waals surface area contributed by atoms with Crippen LogP contribution in [0.1, 0.15) is 16.1 Å². The van der Waals surface area contributed by atoms with E-state index in [9.17, 15) is 9.00 Å². The zero-order chi connectivity index (χ0) is 14.5. The number of rotatable bonds is 5. The standard InChI is InChI=1S/C12H11N3O3S2/c1-20(18)12-14-6-4-8(15-12)7-19-10-9(11(16)17)3-2-5-13-10/h2-6H,7H2,1H3,(H,16,17). The van der Waals surface area contributed by atoms with Gasteiger partial charge in [0.05, 0.1) is 22.1 Å². The Morgan fingerprint density at radius 3 is 2.85 bits per heavy atom. The number of hydrogen-bond donors (Lipinski definition) is 1. The van der Waals surface area contributed by atoms with Crippen molar-refractivity contribution in [3.8, 4) is 0 Å². The number of aromatic nitrogens is 3. The first-order valence-electron chi connectivity index (χ1n) is 5.54. The van der Waals surface area contributed by atoms with Crippen molar-refractivity contribution in [2.45, 2.75) is 15.9 Å². The van der Waals surface area contributed by atoms with Crippen LogP contribution in [0.2, 0.25) is 0 Å². The van der Waals surface area contributed by atoms with E-state index in [1.54, 1.807) is 18.3 Å². The topological polar surface area (TPSA) is 93.0 Å². The summed E-state index contributed by atoms with van der Waals surface area (Å²) in [7, 11) is -1.24. The Hall–Kier alpha value is -1.80. The van der Waals surface area contributed by atoms with Crippen LogP contribution in [0.4, 0.5) is 0 Å². The highest BCUT2D eigenvalue weighted by Gasteiger charge is 2.11. The van der Waals surface area contributed by atoms with Crippen LogP contribution < -0.4 is 0 Å². The van der Waals surface area contributed by atoms with Crippen molar-refractivity contribution in [2.75, 3.05) is 6.26 Å². The molecule has 2 heterocycles.